The molecule has 0 aliphatic carbocycles. The van der Waals surface area contributed by atoms with Crippen LogP contribution in [-0.4, -0.2) is 52.7 Å². The summed E-state index contributed by atoms with van der Waals surface area (Å²) in [5, 5.41) is 8.92. The molecule has 1 fully saturated rings. The molecule has 1 unspecified atom stereocenters. The number of β-lactam (4-membered cyclic amide) rings is 1. The minimum atomic E-state index is -1.11. The number of quaternary nitrogens is 1. The Morgan fingerprint density at radius 1 is 1.76 bits per heavy atom. The van der Waals surface area contributed by atoms with Crippen LogP contribution in [0.4, 0.5) is 0 Å². The molecule has 2 heterocycles. The molecule has 2 aliphatic rings. The molecule has 0 saturated carbocycles. The summed E-state index contributed by atoms with van der Waals surface area (Å²) in [6, 6.07) is -0.588. The molecule has 0 aromatic heterocycles. The SMILES string of the molecule is C[NH2+]OCC1=C(C(=O)O)N2C(=O)C(N)[C@H]2SC1. The van der Waals surface area contributed by atoms with Crippen LogP contribution in [0.15, 0.2) is 11.3 Å². The third-order valence-electron chi connectivity index (χ3n) is 2.72. The lowest BCUT2D eigenvalue weighted by atomic mass is 10.0. The molecule has 0 aromatic rings. The van der Waals surface area contributed by atoms with E-state index in [1.807, 2.05) is 0 Å². The number of hydrogen-bond acceptors (Lipinski definition) is 5. The Labute approximate surface area is 102 Å². The van der Waals surface area contributed by atoms with Gasteiger partial charge in [0, 0.05) is 11.3 Å². The number of hydrogen-bond donors (Lipinski definition) is 3. The lowest BCUT2D eigenvalue weighted by molar-refractivity contribution is -0.876. The quantitative estimate of drug-likeness (QED) is 0.387. The Morgan fingerprint density at radius 2 is 2.47 bits per heavy atom. The fourth-order valence-electron chi connectivity index (χ4n) is 1.87. The Kier molecular flexibility index (Phi) is 3.38. The van der Waals surface area contributed by atoms with E-state index in [0.29, 0.717) is 11.3 Å². The van der Waals surface area contributed by atoms with Crippen LogP contribution >= 0.6 is 11.8 Å². The molecule has 0 spiro atoms. The number of carbonyl (C=O) groups excluding carboxylic acids is 1. The van der Waals surface area contributed by atoms with Gasteiger partial charge in [-0.15, -0.1) is 11.8 Å². The molecular weight excluding hydrogens is 246 g/mol. The average Bonchev–Trinajstić information content (AvgIpc) is 2.33. The van der Waals surface area contributed by atoms with Crippen molar-refractivity contribution in [3.8, 4) is 0 Å². The summed E-state index contributed by atoms with van der Waals surface area (Å²) in [4.78, 5) is 29.1. The first kappa shape index (κ1) is 12.4. The normalized spacial score (nSPS) is 27.9. The molecule has 1 saturated heterocycles. The van der Waals surface area contributed by atoms with Gasteiger partial charge < -0.3 is 10.8 Å². The standard InChI is InChI=1S/C9H13N3O4S/c1-11-16-2-4-3-17-8-5(10)7(13)12(8)6(4)9(14)15/h5,8,11H,2-3,10H2,1H3,(H,14,15)/p+1/t5?,8-/m1/s1. The van der Waals surface area contributed by atoms with Gasteiger partial charge in [-0.2, -0.15) is 0 Å². The van der Waals surface area contributed by atoms with Crippen molar-refractivity contribution < 1.29 is 25.0 Å². The van der Waals surface area contributed by atoms with E-state index in [2.05, 4.69) is 0 Å². The number of hydroxylamine groups is 1. The molecular formula is C9H14N3O4S+. The molecule has 5 N–H and O–H groups in total. The van der Waals surface area contributed by atoms with Gasteiger partial charge in [-0.1, -0.05) is 0 Å². The molecule has 2 aliphatic heterocycles. The Bertz CT molecular complexity index is 398. The Hall–Kier alpha value is -1.09. The number of rotatable bonds is 4. The van der Waals surface area contributed by atoms with E-state index < -0.39 is 12.0 Å². The Morgan fingerprint density at radius 3 is 3.06 bits per heavy atom. The number of thioether (sulfide) groups is 1. The number of carboxylic acid groups (broad SMARTS) is 1. The van der Waals surface area contributed by atoms with Crippen LogP contribution in [0.3, 0.4) is 0 Å². The molecule has 1 amide bonds. The van der Waals surface area contributed by atoms with Crippen molar-refractivity contribution in [2.75, 3.05) is 19.4 Å². The van der Waals surface area contributed by atoms with Gasteiger partial charge in [-0.05, 0) is 0 Å². The second kappa shape index (κ2) is 4.65. The predicted octanol–water partition coefficient (Wildman–Crippen LogP) is -2.31. The van der Waals surface area contributed by atoms with Gasteiger partial charge >= 0.3 is 5.97 Å². The van der Waals surface area contributed by atoms with Crippen LogP contribution in [0.2, 0.25) is 0 Å². The number of aliphatic carboxylic acids is 1. The van der Waals surface area contributed by atoms with Crippen LogP contribution in [0.25, 0.3) is 0 Å². The third-order valence-corrected chi connectivity index (χ3v) is 4.08. The molecule has 0 aromatic carbocycles. The first-order valence-electron chi connectivity index (χ1n) is 5.13. The van der Waals surface area contributed by atoms with E-state index in [-0.39, 0.29) is 23.6 Å². The maximum Gasteiger partial charge on any atom is 0.352 e. The van der Waals surface area contributed by atoms with Crippen molar-refractivity contribution in [1.29, 1.82) is 0 Å². The monoisotopic (exact) mass is 260 g/mol. The van der Waals surface area contributed by atoms with Gasteiger partial charge in [0.2, 0.25) is 5.91 Å². The summed E-state index contributed by atoms with van der Waals surface area (Å²) in [6.45, 7) is 0.191. The van der Waals surface area contributed by atoms with Gasteiger partial charge in [-0.25, -0.2) is 15.1 Å². The highest BCUT2D eigenvalue weighted by Crippen LogP contribution is 2.39. The number of fused-ring (bicyclic) bond motifs is 1. The average molecular weight is 260 g/mol. The van der Waals surface area contributed by atoms with Crippen molar-refractivity contribution in [2.45, 2.75) is 11.4 Å². The highest BCUT2D eigenvalue weighted by atomic mass is 32.2. The first-order valence-corrected chi connectivity index (χ1v) is 6.17. The molecule has 17 heavy (non-hydrogen) atoms. The van der Waals surface area contributed by atoms with Crippen molar-refractivity contribution in [1.82, 2.24) is 4.90 Å². The van der Waals surface area contributed by atoms with Crippen LogP contribution < -0.4 is 11.2 Å². The second-order valence-corrected chi connectivity index (χ2v) is 4.84. The van der Waals surface area contributed by atoms with Gasteiger partial charge in [0.1, 0.15) is 23.7 Å². The number of nitrogens with zero attached hydrogens (tertiary/aromatic N) is 1. The van der Waals surface area contributed by atoms with Gasteiger partial charge in [0.05, 0.1) is 7.05 Å². The number of carbonyl (C=O) groups is 2. The maximum atomic E-state index is 11.6. The van der Waals surface area contributed by atoms with Gasteiger partial charge in [-0.3, -0.25) is 9.69 Å². The van der Waals surface area contributed by atoms with E-state index in [0.717, 1.165) is 0 Å². The largest absolute Gasteiger partial charge is 0.477 e. The highest BCUT2D eigenvalue weighted by Gasteiger charge is 2.51. The van der Waals surface area contributed by atoms with E-state index in [4.69, 9.17) is 15.7 Å². The zero-order valence-corrected chi connectivity index (χ0v) is 10.1. The zero-order valence-electron chi connectivity index (χ0n) is 9.25. The number of nitrogens with two attached hydrogens (primary N) is 2. The predicted molar refractivity (Wildman–Crippen MR) is 59.5 cm³/mol. The van der Waals surface area contributed by atoms with Crippen LogP contribution in [0, 0.1) is 0 Å². The van der Waals surface area contributed by atoms with E-state index >= 15 is 0 Å². The summed E-state index contributed by atoms with van der Waals surface area (Å²) < 4.78 is 0. The number of amides is 1. The highest BCUT2D eigenvalue weighted by molar-refractivity contribution is 8.00. The van der Waals surface area contributed by atoms with E-state index in [9.17, 15) is 9.59 Å². The van der Waals surface area contributed by atoms with Crippen molar-refractivity contribution >= 4 is 23.6 Å². The van der Waals surface area contributed by atoms with Crippen LogP contribution in [-0.2, 0) is 14.4 Å². The van der Waals surface area contributed by atoms with Gasteiger partial charge in [0.15, 0.2) is 0 Å². The van der Waals surface area contributed by atoms with Crippen molar-refractivity contribution in [3.63, 3.8) is 0 Å². The fraction of sp³-hybridized carbons (Fsp3) is 0.556. The van der Waals surface area contributed by atoms with E-state index in [1.165, 1.54) is 22.1 Å². The first-order chi connectivity index (χ1) is 8.07. The fourth-order valence-corrected chi connectivity index (χ4v) is 3.15. The van der Waals surface area contributed by atoms with Crippen molar-refractivity contribution in [2.24, 2.45) is 5.73 Å². The minimum Gasteiger partial charge on any atom is -0.477 e. The molecule has 94 valence electrons. The number of carboxylic acids is 1. The minimum absolute atomic E-state index is 0.0299. The zero-order chi connectivity index (χ0) is 12.6. The van der Waals surface area contributed by atoms with Crippen LogP contribution in [0.1, 0.15) is 0 Å². The second-order valence-electron chi connectivity index (χ2n) is 3.74. The molecule has 2 rings (SSSR count). The smallest absolute Gasteiger partial charge is 0.352 e. The molecule has 0 bridgehead atoms. The summed E-state index contributed by atoms with van der Waals surface area (Å²) in [6.07, 6.45) is 0. The molecule has 8 heteroatoms. The summed E-state index contributed by atoms with van der Waals surface area (Å²) in [7, 11) is 1.71. The van der Waals surface area contributed by atoms with E-state index in [1.54, 1.807) is 7.05 Å². The summed E-state index contributed by atoms with van der Waals surface area (Å²) in [5.74, 6) is -0.916. The van der Waals surface area contributed by atoms with Crippen LogP contribution in [0.5, 0.6) is 0 Å². The molecule has 7 nitrogen and oxygen atoms in total. The third kappa shape index (κ3) is 1.93. The topological polar surface area (TPSA) is 109 Å². The Balaban J connectivity index is 2.26. The van der Waals surface area contributed by atoms with Gasteiger partial charge in [0.25, 0.3) is 0 Å². The summed E-state index contributed by atoms with van der Waals surface area (Å²) in [5.41, 5.74) is 7.75. The maximum absolute atomic E-state index is 11.6. The lowest BCUT2D eigenvalue weighted by Gasteiger charge is -2.47. The van der Waals surface area contributed by atoms with Crippen molar-refractivity contribution in [3.05, 3.63) is 11.3 Å². The molecule has 0 radical (unpaired) electrons. The lowest BCUT2D eigenvalue weighted by Crippen LogP contribution is -2.78. The molecule has 2 atom stereocenters. The summed E-state index contributed by atoms with van der Waals surface area (Å²) >= 11 is 1.47.